The van der Waals surface area contributed by atoms with Crippen LogP contribution < -0.4 is 0 Å². The maximum absolute atomic E-state index is 3.91. The largest absolute Gasteiger partial charge is 0.0836 e. The van der Waals surface area contributed by atoms with Crippen molar-refractivity contribution in [1.82, 2.24) is 0 Å². The average molecular weight is 315 g/mol. The van der Waals surface area contributed by atoms with Gasteiger partial charge in [0.05, 0.1) is 0 Å². The molecule has 1 heteroatoms. The summed E-state index contributed by atoms with van der Waals surface area (Å²) < 4.78 is 0. The Labute approximate surface area is 124 Å². The highest BCUT2D eigenvalue weighted by molar-refractivity contribution is 9.09. The zero-order valence-corrected chi connectivity index (χ0v) is 13.0. The Bertz CT molecular complexity index is 573. The van der Waals surface area contributed by atoms with E-state index in [1.807, 2.05) is 0 Å². The van der Waals surface area contributed by atoms with Crippen LogP contribution in [0.4, 0.5) is 0 Å². The van der Waals surface area contributed by atoms with Crippen LogP contribution in [-0.4, -0.2) is 0 Å². The van der Waals surface area contributed by atoms with Crippen molar-refractivity contribution >= 4 is 15.9 Å². The molecule has 1 aliphatic carbocycles. The van der Waals surface area contributed by atoms with E-state index in [9.17, 15) is 0 Å². The normalized spacial score (nSPS) is 23.1. The van der Waals surface area contributed by atoms with Crippen LogP contribution in [0.25, 0.3) is 0 Å². The van der Waals surface area contributed by atoms with Gasteiger partial charge in [0.25, 0.3) is 0 Å². The van der Waals surface area contributed by atoms with Crippen molar-refractivity contribution in [2.45, 2.75) is 31.0 Å². The van der Waals surface area contributed by atoms with Gasteiger partial charge in [-0.2, -0.15) is 0 Å². The van der Waals surface area contributed by atoms with E-state index in [4.69, 9.17) is 0 Å². The fraction of sp³-hybridized carbons (Fsp3) is 0.333. The molecular formula is C18H19Br. The van der Waals surface area contributed by atoms with Crippen molar-refractivity contribution in [3.05, 3.63) is 70.8 Å². The monoisotopic (exact) mass is 314 g/mol. The smallest absolute Gasteiger partial charge is 0.0429 e. The first-order valence-electron chi connectivity index (χ1n) is 6.93. The molecule has 0 bridgehead atoms. The molecule has 0 amide bonds. The number of benzene rings is 2. The predicted octanol–water partition coefficient (Wildman–Crippen LogP) is 5.54. The predicted molar refractivity (Wildman–Crippen MR) is 84.9 cm³/mol. The molecule has 0 heterocycles. The molecule has 0 radical (unpaired) electrons. The van der Waals surface area contributed by atoms with Gasteiger partial charge in [-0.25, -0.2) is 0 Å². The second-order valence-corrected chi connectivity index (χ2v) is 6.65. The van der Waals surface area contributed by atoms with Crippen LogP contribution in [0, 0.1) is 19.8 Å². The number of hydrogen-bond acceptors (Lipinski definition) is 0. The number of hydrogen-bond donors (Lipinski definition) is 0. The summed E-state index contributed by atoms with van der Waals surface area (Å²) in [6.45, 7) is 4.37. The first-order chi connectivity index (χ1) is 9.16. The third-order valence-electron chi connectivity index (χ3n) is 4.29. The molecule has 0 aromatic heterocycles. The molecule has 3 atom stereocenters. The third kappa shape index (κ3) is 2.62. The van der Waals surface area contributed by atoms with Gasteiger partial charge in [-0.05, 0) is 54.4 Å². The van der Waals surface area contributed by atoms with Gasteiger partial charge in [-0.3, -0.25) is 0 Å². The Morgan fingerprint density at radius 3 is 2.42 bits per heavy atom. The highest BCUT2D eigenvalue weighted by Crippen LogP contribution is 2.57. The minimum atomic E-state index is 0.483. The number of aryl methyl sites for hydroxylation is 2. The van der Waals surface area contributed by atoms with E-state index in [2.05, 4.69) is 78.3 Å². The highest BCUT2D eigenvalue weighted by Gasteiger charge is 2.43. The maximum atomic E-state index is 3.91. The van der Waals surface area contributed by atoms with Crippen LogP contribution in [0.15, 0.2) is 48.5 Å². The van der Waals surface area contributed by atoms with Crippen molar-refractivity contribution in [3.8, 4) is 0 Å². The molecule has 1 saturated carbocycles. The fourth-order valence-corrected chi connectivity index (χ4v) is 3.67. The third-order valence-corrected chi connectivity index (χ3v) is 5.50. The minimum Gasteiger partial charge on any atom is -0.0836 e. The van der Waals surface area contributed by atoms with Crippen molar-refractivity contribution in [3.63, 3.8) is 0 Å². The van der Waals surface area contributed by atoms with E-state index < -0.39 is 0 Å². The quantitative estimate of drug-likeness (QED) is 0.652. The van der Waals surface area contributed by atoms with E-state index in [0.29, 0.717) is 4.83 Å². The zero-order valence-electron chi connectivity index (χ0n) is 11.4. The fourth-order valence-electron chi connectivity index (χ4n) is 2.80. The van der Waals surface area contributed by atoms with Crippen molar-refractivity contribution < 1.29 is 0 Å². The summed E-state index contributed by atoms with van der Waals surface area (Å²) in [4.78, 5) is 0.483. The SMILES string of the molecule is Cc1ccc(C(Br)C2CC2c2ccccc2)cc1C. The van der Waals surface area contributed by atoms with Crippen LogP contribution in [0.5, 0.6) is 0 Å². The van der Waals surface area contributed by atoms with Gasteiger partial charge < -0.3 is 0 Å². The lowest BCUT2D eigenvalue weighted by atomic mass is 10.0. The Hall–Kier alpha value is -1.08. The number of alkyl halides is 1. The van der Waals surface area contributed by atoms with E-state index in [-0.39, 0.29) is 0 Å². The number of halogens is 1. The first-order valence-corrected chi connectivity index (χ1v) is 7.84. The summed E-state index contributed by atoms with van der Waals surface area (Å²) >= 11 is 3.91. The second-order valence-electron chi connectivity index (χ2n) is 5.66. The molecule has 1 aliphatic rings. The molecule has 0 saturated heterocycles. The molecule has 19 heavy (non-hydrogen) atoms. The van der Waals surface area contributed by atoms with Crippen LogP contribution in [0.2, 0.25) is 0 Å². The van der Waals surface area contributed by atoms with E-state index in [1.54, 1.807) is 0 Å². The summed E-state index contributed by atoms with van der Waals surface area (Å²) in [5, 5.41) is 0. The van der Waals surface area contributed by atoms with E-state index in [1.165, 1.54) is 28.7 Å². The van der Waals surface area contributed by atoms with Crippen LogP contribution >= 0.6 is 15.9 Å². The molecular weight excluding hydrogens is 296 g/mol. The Kier molecular flexibility index (Phi) is 3.49. The zero-order chi connectivity index (χ0) is 13.4. The van der Waals surface area contributed by atoms with Gasteiger partial charge in [0.1, 0.15) is 0 Å². The molecule has 0 N–H and O–H groups in total. The van der Waals surface area contributed by atoms with Gasteiger partial charge in [0, 0.05) is 4.83 Å². The Morgan fingerprint density at radius 1 is 1.00 bits per heavy atom. The summed E-state index contributed by atoms with van der Waals surface area (Å²) in [6, 6.07) is 17.7. The average Bonchev–Trinajstić information content (AvgIpc) is 3.22. The summed E-state index contributed by atoms with van der Waals surface area (Å²) in [5.74, 6) is 1.47. The summed E-state index contributed by atoms with van der Waals surface area (Å²) in [6.07, 6.45) is 1.30. The molecule has 1 fully saturated rings. The topological polar surface area (TPSA) is 0 Å². The van der Waals surface area contributed by atoms with Gasteiger partial charge >= 0.3 is 0 Å². The van der Waals surface area contributed by atoms with Gasteiger partial charge in [-0.15, -0.1) is 0 Å². The highest BCUT2D eigenvalue weighted by atomic mass is 79.9. The summed E-state index contributed by atoms with van der Waals surface area (Å²) in [5.41, 5.74) is 5.67. The van der Waals surface area contributed by atoms with Crippen molar-refractivity contribution in [2.75, 3.05) is 0 Å². The Morgan fingerprint density at radius 2 is 1.74 bits per heavy atom. The molecule has 0 spiro atoms. The molecule has 0 nitrogen and oxygen atoms in total. The summed E-state index contributed by atoms with van der Waals surface area (Å²) in [7, 11) is 0. The standard InChI is InChI=1S/C18H19Br/c1-12-8-9-15(10-13(12)2)18(19)17-11-16(17)14-6-4-3-5-7-14/h3-10,16-18H,11H2,1-2H3. The molecule has 3 unspecified atom stereocenters. The number of rotatable bonds is 3. The van der Waals surface area contributed by atoms with E-state index in [0.717, 1.165) is 11.8 Å². The molecule has 2 aromatic rings. The first kappa shape index (κ1) is 12.9. The van der Waals surface area contributed by atoms with Crippen LogP contribution in [0.3, 0.4) is 0 Å². The molecule has 2 aromatic carbocycles. The van der Waals surface area contributed by atoms with Crippen LogP contribution in [-0.2, 0) is 0 Å². The van der Waals surface area contributed by atoms with Crippen LogP contribution in [0.1, 0.15) is 39.4 Å². The van der Waals surface area contributed by atoms with Crippen molar-refractivity contribution in [1.29, 1.82) is 0 Å². The molecule has 98 valence electrons. The lowest BCUT2D eigenvalue weighted by Gasteiger charge is -2.12. The minimum absolute atomic E-state index is 0.483. The van der Waals surface area contributed by atoms with Gasteiger partial charge in [0.15, 0.2) is 0 Å². The van der Waals surface area contributed by atoms with Crippen molar-refractivity contribution in [2.24, 2.45) is 5.92 Å². The lowest BCUT2D eigenvalue weighted by Crippen LogP contribution is -1.96. The lowest BCUT2D eigenvalue weighted by molar-refractivity contribution is 0.785. The molecule has 0 aliphatic heterocycles. The van der Waals surface area contributed by atoms with Gasteiger partial charge in [0.2, 0.25) is 0 Å². The van der Waals surface area contributed by atoms with E-state index >= 15 is 0 Å². The Balaban J connectivity index is 1.76. The molecule has 3 rings (SSSR count). The van der Waals surface area contributed by atoms with Gasteiger partial charge in [-0.1, -0.05) is 64.5 Å². The second kappa shape index (κ2) is 5.13. The maximum Gasteiger partial charge on any atom is 0.0429 e.